The molecule has 4 N–H and O–H groups in total. The lowest BCUT2D eigenvalue weighted by Gasteiger charge is -2.30. The quantitative estimate of drug-likeness (QED) is 0.370. The first-order valence-corrected chi connectivity index (χ1v) is 14.8. The smallest absolute Gasteiger partial charge is 0.270 e. The van der Waals surface area contributed by atoms with E-state index in [-0.39, 0.29) is 30.2 Å². The predicted octanol–water partition coefficient (Wildman–Crippen LogP) is 6.07. The number of aryl methyl sites for hydroxylation is 1. The number of ketones is 1. The van der Waals surface area contributed by atoms with E-state index in [0.717, 1.165) is 67.4 Å². The molecule has 2 unspecified atom stereocenters. The van der Waals surface area contributed by atoms with Gasteiger partial charge in [-0.15, -0.1) is 0 Å². The highest BCUT2D eigenvalue weighted by Gasteiger charge is 2.32. The highest BCUT2D eigenvalue weighted by molar-refractivity contribution is 6.09. The van der Waals surface area contributed by atoms with Crippen LogP contribution in [0.1, 0.15) is 102 Å². The minimum atomic E-state index is -1.12. The molecule has 0 spiro atoms. The van der Waals surface area contributed by atoms with Gasteiger partial charge in [-0.2, -0.15) is 0 Å². The number of rotatable bonds is 9. The second kappa shape index (κ2) is 15.3. The first-order chi connectivity index (χ1) is 18.4. The number of hydrogen-bond donors (Lipinski definition) is 2. The molecular weight excluding hydrogens is 491 g/mol. The van der Waals surface area contributed by atoms with Crippen molar-refractivity contribution in [1.29, 1.82) is 0 Å². The lowest BCUT2D eigenvalue weighted by molar-refractivity contribution is -0.128. The lowest BCUT2D eigenvalue weighted by Crippen LogP contribution is -2.45. The Bertz CT molecular complexity index is 1040. The van der Waals surface area contributed by atoms with E-state index in [0.29, 0.717) is 31.6 Å². The predicted molar refractivity (Wildman–Crippen MR) is 160 cm³/mol. The van der Waals surface area contributed by atoms with Crippen LogP contribution in [0.3, 0.4) is 0 Å². The highest BCUT2D eigenvalue weighted by Crippen LogP contribution is 2.38. The number of amides is 1. The maximum absolute atomic E-state index is 15.2. The number of alkyl halides is 1. The molecule has 1 saturated heterocycles. The van der Waals surface area contributed by atoms with Gasteiger partial charge in [0.25, 0.3) is 5.91 Å². The molecule has 1 aromatic carbocycles. The summed E-state index contributed by atoms with van der Waals surface area (Å²) in [6, 6.07) is 6.18. The van der Waals surface area contributed by atoms with Crippen LogP contribution in [0.4, 0.5) is 4.39 Å². The molecular formula is C32H51FN4O2. The number of hydrogen-bond acceptors (Lipinski definition) is 5. The molecule has 39 heavy (non-hydrogen) atoms. The van der Waals surface area contributed by atoms with Crippen molar-refractivity contribution in [2.75, 3.05) is 19.6 Å². The van der Waals surface area contributed by atoms with Gasteiger partial charge in [-0.25, -0.2) is 4.39 Å². The zero-order chi connectivity index (χ0) is 29.2. The van der Waals surface area contributed by atoms with Crippen LogP contribution in [0.25, 0.3) is 0 Å². The molecule has 2 atom stereocenters. The van der Waals surface area contributed by atoms with Crippen molar-refractivity contribution in [3.63, 3.8) is 0 Å². The number of aliphatic imine (C=N–C) groups is 1. The fourth-order valence-electron chi connectivity index (χ4n) is 5.58. The molecule has 1 heterocycles. The number of nitrogens with zero attached hydrogens (tertiary/aromatic N) is 2. The number of allylic oxidation sites excluding steroid dienone is 1. The standard InChI is InChI=1S/C16H25F.C16H26N4O2/c1-5-7-12-16(17,11-6-2)15-10-8-9-13(3)14(15)4;1-10-3-4-13(19-9-11(2)21)14(10)15(18)16(22)20-7-5-12(17)6-8-20/h8-10H,5-7,11-12H2,1-4H3;10,12H,3-9,17-18H2,1-2H3/b;15-14-,19-13?. The van der Waals surface area contributed by atoms with E-state index >= 15 is 4.39 Å². The number of benzene rings is 1. The minimum absolute atomic E-state index is 0.0151. The Labute approximate surface area is 235 Å². The van der Waals surface area contributed by atoms with Crippen LogP contribution in [0.15, 0.2) is 34.5 Å². The summed E-state index contributed by atoms with van der Waals surface area (Å²) in [6.45, 7) is 13.3. The minimum Gasteiger partial charge on any atom is -0.394 e. The van der Waals surface area contributed by atoms with Gasteiger partial charge in [0, 0.05) is 30.4 Å². The van der Waals surface area contributed by atoms with Gasteiger partial charge in [0.05, 0.1) is 6.54 Å². The summed E-state index contributed by atoms with van der Waals surface area (Å²) >= 11 is 0. The van der Waals surface area contributed by atoms with Crippen molar-refractivity contribution >= 4 is 17.4 Å². The molecule has 218 valence electrons. The average molecular weight is 543 g/mol. The van der Waals surface area contributed by atoms with Crippen LogP contribution < -0.4 is 11.5 Å². The summed E-state index contributed by atoms with van der Waals surface area (Å²) in [7, 11) is 0. The molecule has 1 amide bonds. The summed E-state index contributed by atoms with van der Waals surface area (Å²) in [5, 5.41) is 0. The topological polar surface area (TPSA) is 102 Å². The molecule has 0 radical (unpaired) electrons. The maximum atomic E-state index is 15.2. The van der Waals surface area contributed by atoms with E-state index in [9.17, 15) is 9.59 Å². The van der Waals surface area contributed by atoms with Crippen LogP contribution in [-0.4, -0.2) is 48.0 Å². The van der Waals surface area contributed by atoms with Crippen molar-refractivity contribution in [3.05, 3.63) is 46.2 Å². The van der Waals surface area contributed by atoms with E-state index in [4.69, 9.17) is 11.5 Å². The first-order valence-electron chi connectivity index (χ1n) is 14.8. The average Bonchev–Trinajstić information content (AvgIpc) is 3.28. The summed E-state index contributed by atoms with van der Waals surface area (Å²) in [4.78, 5) is 29.9. The van der Waals surface area contributed by atoms with E-state index in [1.807, 2.05) is 19.1 Å². The monoisotopic (exact) mass is 542 g/mol. The van der Waals surface area contributed by atoms with Gasteiger partial charge in [-0.3, -0.25) is 14.6 Å². The molecule has 1 saturated carbocycles. The van der Waals surface area contributed by atoms with E-state index in [1.165, 1.54) is 12.5 Å². The van der Waals surface area contributed by atoms with Crippen molar-refractivity contribution in [1.82, 2.24) is 4.90 Å². The van der Waals surface area contributed by atoms with Crippen molar-refractivity contribution in [2.45, 2.75) is 111 Å². The number of likely N-dealkylation sites (tertiary alicyclic amines) is 1. The third-order valence-corrected chi connectivity index (χ3v) is 8.12. The van der Waals surface area contributed by atoms with Gasteiger partial charge >= 0.3 is 0 Å². The summed E-state index contributed by atoms with van der Waals surface area (Å²) in [6.07, 6.45) is 7.54. The largest absolute Gasteiger partial charge is 0.394 e. The summed E-state index contributed by atoms with van der Waals surface area (Å²) in [5.41, 5.74) is 16.1. The maximum Gasteiger partial charge on any atom is 0.270 e. The highest BCUT2D eigenvalue weighted by atomic mass is 19.1. The fraction of sp³-hybridized carbons (Fsp3) is 0.656. The first kappa shape index (κ1) is 32.7. The van der Waals surface area contributed by atoms with Gasteiger partial charge in [0.15, 0.2) is 5.78 Å². The van der Waals surface area contributed by atoms with Crippen molar-refractivity contribution in [3.8, 4) is 0 Å². The third kappa shape index (κ3) is 8.99. The number of carbonyl (C=O) groups is 2. The van der Waals surface area contributed by atoms with E-state index in [2.05, 4.69) is 38.8 Å². The Kier molecular flexibility index (Phi) is 12.8. The SMILES string of the molecule is CC(=O)CN=C1CCC(C)/C1=C(/N)C(=O)N1CCC(N)CC1.CCCCC(F)(CCC)c1cccc(C)c1C. The van der Waals surface area contributed by atoms with Crippen molar-refractivity contribution in [2.24, 2.45) is 22.4 Å². The van der Waals surface area contributed by atoms with Gasteiger partial charge < -0.3 is 16.4 Å². The van der Waals surface area contributed by atoms with Crippen LogP contribution in [0.5, 0.6) is 0 Å². The Morgan fingerprint density at radius 1 is 1.10 bits per heavy atom. The number of unbranched alkanes of at least 4 members (excludes halogenated alkanes) is 1. The van der Waals surface area contributed by atoms with E-state index < -0.39 is 5.67 Å². The zero-order valence-corrected chi connectivity index (χ0v) is 25.1. The lowest BCUT2D eigenvalue weighted by atomic mass is 9.83. The Morgan fingerprint density at radius 3 is 2.36 bits per heavy atom. The summed E-state index contributed by atoms with van der Waals surface area (Å²) < 4.78 is 15.2. The number of halogens is 1. The molecule has 1 aliphatic heterocycles. The molecule has 1 aromatic rings. The molecule has 6 nitrogen and oxygen atoms in total. The molecule has 0 bridgehead atoms. The Hall–Kier alpha value is -2.54. The fourth-order valence-corrected chi connectivity index (χ4v) is 5.58. The number of piperidine rings is 1. The van der Waals surface area contributed by atoms with Gasteiger partial charge in [-0.05, 0) is 81.9 Å². The van der Waals surface area contributed by atoms with Crippen LogP contribution in [-0.2, 0) is 15.3 Å². The molecule has 2 aliphatic rings. The Morgan fingerprint density at radius 2 is 1.77 bits per heavy atom. The summed E-state index contributed by atoms with van der Waals surface area (Å²) in [5.74, 6) is 0.106. The zero-order valence-electron chi connectivity index (χ0n) is 25.1. The third-order valence-electron chi connectivity index (χ3n) is 8.12. The van der Waals surface area contributed by atoms with Gasteiger partial charge in [0.2, 0.25) is 0 Å². The van der Waals surface area contributed by atoms with Crippen LogP contribution in [0, 0.1) is 19.8 Å². The molecule has 7 heteroatoms. The van der Waals surface area contributed by atoms with Crippen LogP contribution >= 0.6 is 0 Å². The van der Waals surface area contributed by atoms with E-state index in [1.54, 1.807) is 4.90 Å². The number of nitrogens with two attached hydrogens (primary N) is 2. The van der Waals surface area contributed by atoms with Crippen molar-refractivity contribution < 1.29 is 14.0 Å². The second-order valence-corrected chi connectivity index (χ2v) is 11.4. The Balaban J connectivity index is 0.000000283. The number of Topliss-reactive ketones (excluding diaryl/α,β-unsaturated/α-hetero) is 1. The van der Waals surface area contributed by atoms with Crippen LogP contribution in [0.2, 0.25) is 0 Å². The second-order valence-electron chi connectivity index (χ2n) is 11.4. The van der Waals surface area contributed by atoms with Gasteiger partial charge in [-0.1, -0.05) is 58.2 Å². The van der Waals surface area contributed by atoms with Gasteiger partial charge in [0.1, 0.15) is 11.4 Å². The molecule has 3 rings (SSSR count). The molecule has 0 aromatic heterocycles. The molecule has 2 fully saturated rings. The number of carbonyl (C=O) groups excluding carboxylic acids is 2. The molecule has 1 aliphatic carbocycles. The normalized spacial score (nSPS) is 21.8.